The van der Waals surface area contributed by atoms with Crippen molar-refractivity contribution in [2.45, 2.75) is 97.9 Å². The molecule has 0 aromatic rings. The number of carbonyl (C=O) groups excluding carboxylic acids is 5. The van der Waals surface area contributed by atoms with Crippen molar-refractivity contribution in [3.05, 3.63) is 0 Å². The maximum atomic E-state index is 13.4. The van der Waals surface area contributed by atoms with Crippen LogP contribution in [0.15, 0.2) is 0 Å². The number of nitrogens with one attached hydrogen (secondary N) is 3. The van der Waals surface area contributed by atoms with Gasteiger partial charge < -0.3 is 30.2 Å². The molecule has 0 radical (unpaired) electrons. The Morgan fingerprint density at radius 2 is 1.31 bits per heavy atom. The molecule has 11 nitrogen and oxygen atoms in total. The first-order chi connectivity index (χ1) is 16.0. The second kappa shape index (κ2) is 13.9. The summed E-state index contributed by atoms with van der Waals surface area (Å²) in [5.74, 6) is -3.38. The van der Waals surface area contributed by atoms with Crippen molar-refractivity contribution in [1.29, 1.82) is 0 Å². The van der Waals surface area contributed by atoms with Gasteiger partial charge in [0.25, 0.3) is 5.91 Å². The highest BCUT2D eigenvalue weighted by atomic mass is 16.6. The summed E-state index contributed by atoms with van der Waals surface area (Å²) in [6.07, 6.45) is -0.520. The number of methoxy groups -OCH3 is 2. The molecule has 1 unspecified atom stereocenters. The van der Waals surface area contributed by atoms with E-state index in [4.69, 9.17) is 14.2 Å². The monoisotopic (exact) mass is 501 g/mol. The van der Waals surface area contributed by atoms with E-state index in [1.165, 1.54) is 14.0 Å². The van der Waals surface area contributed by atoms with Gasteiger partial charge in [-0.1, -0.05) is 34.6 Å². The minimum Gasteiger partial charge on any atom is -0.467 e. The van der Waals surface area contributed by atoms with E-state index in [1.54, 1.807) is 20.8 Å². The summed E-state index contributed by atoms with van der Waals surface area (Å²) in [5.41, 5.74) is -2.93. The standard InChI is InChI=1S/C24H43N3O8/c1-11-24(21(31)34-10,20(30)25-17(13-15(4)5)19(29)33-9)27-18(28)16(12-14(2)3)26-22(32)35-23(6,7)8/h14-17H,11-13H2,1-10H3,(H,25,30)(H,26,32)(H,27,28)/t16-,17-,24?/m0/s1. The number of carbonyl (C=O) groups is 5. The number of hydrogen-bond donors (Lipinski definition) is 3. The van der Waals surface area contributed by atoms with E-state index in [9.17, 15) is 24.0 Å². The zero-order valence-electron chi connectivity index (χ0n) is 22.7. The zero-order valence-corrected chi connectivity index (χ0v) is 22.7. The van der Waals surface area contributed by atoms with E-state index in [2.05, 4.69) is 16.0 Å². The molecule has 0 aromatic heterocycles. The molecule has 0 saturated heterocycles. The summed E-state index contributed by atoms with van der Waals surface area (Å²) in [6.45, 7) is 14.0. The van der Waals surface area contributed by atoms with E-state index in [1.807, 2.05) is 27.7 Å². The van der Waals surface area contributed by atoms with Crippen LogP contribution in [0.1, 0.15) is 74.7 Å². The van der Waals surface area contributed by atoms with E-state index in [0.717, 1.165) is 7.11 Å². The molecule has 0 heterocycles. The molecule has 0 aliphatic carbocycles. The number of alkyl carbamates (subject to hydrolysis) is 1. The molecule has 3 amide bonds. The fourth-order valence-corrected chi connectivity index (χ4v) is 3.33. The third-order valence-corrected chi connectivity index (χ3v) is 5.00. The highest BCUT2D eigenvalue weighted by Gasteiger charge is 2.49. The van der Waals surface area contributed by atoms with Crippen molar-refractivity contribution < 1.29 is 38.2 Å². The quantitative estimate of drug-likeness (QED) is 0.209. The summed E-state index contributed by atoms with van der Waals surface area (Å²) in [4.78, 5) is 64.0. The maximum absolute atomic E-state index is 13.4. The molecule has 202 valence electrons. The lowest BCUT2D eigenvalue weighted by Crippen LogP contribution is -2.67. The molecule has 0 fully saturated rings. The van der Waals surface area contributed by atoms with Crippen LogP contribution in [-0.2, 0) is 33.4 Å². The molecule has 3 atom stereocenters. The van der Waals surface area contributed by atoms with Crippen molar-refractivity contribution in [1.82, 2.24) is 16.0 Å². The predicted molar refractivity (Wildman–Crippen MR) is 129 cm³/mol. The van der Waals surface area contributed by atoms with Gasteiger partial charge in [-0.05, 0) is 51.9 Å². The molecule has 0 aromatic carbocycles. The lowest BCUT2D eigenvalue weighted by atomic mass is 9.92. The third-order valence-electron chi connectivity index (χ3n) is 5.00. The number of hydrogen-bond acceptors (Lipinski definition) is 8. The van der Waals surface area contributed by atoms with E-state index < -0.39 is 53.1 Å². The average molecular weight is 502 g/mol. The van der Waals surface area contributed by atoms with Gasteiger partial charge in [-0.15, -0.1) is 0 Å². The average Bonchev–Trinajstić information content (AvgIpc) is 2.73. The van der Waals surface area contributed by atoms with Crippen LogP contribution in [0.25, 0.3) is 0 Å². The molecule has 0 saturated carbocycles. The zero-order chi connectivity index (χ0) is 27.6. The summed E-state index contributed by atoms with van der Waals surface area (Å²) in [6, 6.07) is -2.13. The van der Waals surface area contributed by atoms with Gasteiger partial charge in [-0.2, -0.15) is 0 Å². The number of rotatable bonds is 12. The van der Waals surface area contributed by atoms with Crippen LogP contribution in [-0.4, -0.2) is 67.3 Å². The third kappa shape index (κ3) is 10.5. The van der Waals surface area contributed by atoms with E-state index in [0.29, 0.717) is 0 Å². The molecular weight excluding hydrogens is 458 g/mol. The second-order valence-electron chi connectivity index (χ2n) is 10.2. The van der Waals surface area contributed by atoms with E-state index in [-0.39, 0.29) is 31.1 Å². The molecule has 0 bridgehead atoms. The van der Waals surface area contributed by atoms with Crippen LogP contribution in [0.5, 0.6) is 0 Å². The van der Waals surface area contributed by atoms with Gasteiger partial charge in [-0.3, -0.25) is 9.59 Å². The van der Waals surface area contributed by atoms with Gasteiger partial charge in [0.2, 0.25) is 11.4 Å². The van der Waals surface area contributed by atoms with Gasteiger partial charge in [-0.25, -0.2) is 14.4 Å². The largest absolute Gasteiger partial charge is 0.467 e. The summed E-state index contributed by atoms with van der Waals surface area (Å²) in [7, 11) is 2.28. The normalized spacial score (nSPS) is 14.9. The Bertz CT molecular complexity index is 760. The molecule has 0 aliphatic heterocycles. The lowest BCUT2D eigenvalue weighted by Gasteiger charge is -2.33. The van der Waals surface area contributed by atoms with Crippen LogP contribution in [0.4, 0.5) is 4.79 Å². The molecule has 0 rings (SSSR count). The van der Waals surface area contributed by atoms with Crippen molar-refractivity contribution in [2.24, 2.45) is 11.8 Å². The molecule has 11 heteroatoms. The first kappa shape index (κ1) is 32.1. The Morgan fingerprint density at radius 1 is 0.800 bits per heavy atom. The van der Waals surface area contributed by atoms with Crippen LogP contribution >= 0.6 is 0 Å². The first-order valence-corrected chi connectivity index (χ1v) is 11.8. The second-order valence-corrected chi connectivity index (χ2v) is 10.2. The number of ether oxygens (including phenoxy) is 3. The molecular formula is C24H43N3O8. The summed E-state index contributed by atoms with van der Waals surface area (Å²) >= 11 is 0. The van der Waals surface area contributed by atoms with E-state index >= 15 is 0 Å². The maximum Gasteiger partial charge on any atom is 0.408 e. The lowest BCUT2D eigenvalue weighted by molar-refractivity contribution is -0.158. The van der Waals surface area contributed by atoms with Crippen molar-refractivity contribution in [3.8, 4) is 0 Å². The van der Waals surface area contributed by atoms with Crippen LogP contribution in [0, 0.1) is 11.8 Å². The SMILES string of the molecule is CCC(NC(=O)[C@H](CC(C)C)NC(=O)OC(C)(C)C)(C(=O)N[C@@H](CC(C)C)C(=O)OC)C(=O)OC. The van der Waals surface area contributed by atoms with Crippen molar-refractivity contribution in [2.75, 3.05) is 14.2 Å². The Morgan fingerprint density at radius 3 is 1.71 bits per heavy atom. The summed E-state index contributed by atoms with van der Waals surface area (Å²) in [5, 5.41) is 7.50. The minimum atomic E-state index is -2.14. The fourth-order valence-electron chi connectivity index (χ4n) is 3.33. The van der Waals surface area contributed by atoms with Crippen LogP contribution in [0.3, 0.4) is 0 Å². The number of amides is 3. The Balaban J connectivity index is 6.07. The fraction of sp³-hybridized carbons (Fsp3) is 0.792. The topological polar surface area (TPSA) is 149 Å². The first-order valence-electron chi connectivity index (χ1n) is 11.8. The summed E-state index contributed by atoms with van der Waals surface area (Å²) < 4.78 is 14.9. The Hall–Kier alpha value is -2.85. The predicted octanol–water partition coefficient (Wildman–Crippen LogP) is 2.07. The highest BCUT2D eigenvalue weighted by Crippen LogP contribution is 2.18. The van der Waals surface area contributed by atoms with Crippen molar-refractivity contribution in [3.63, 3.8) is 0 Å². The number of esters is 2. The molecule has 35 heavy (non-hydrogen) atoms. The van der Waals surface area contributed by atoms with Crippen LogP contribution < -0.4 is 16.0 Å². The smallest absolute Gasteiger partial charge is 0.408 e. The molecule has 0 spiro atoms. The highest BCUT2D eigenvalue weighted by molar-refractivity contribution is 6.11. The van der Waals surface area contributed by atoms with Gasteiger partial charge in [0.1, 0.15) is 17.7 Å². The van der Waals surface area contributed by atoms with Crippen molar-refractivity contribution >= 4 is 29.8 Å². The Labute approximate surface area is 208 Å². The molecule has 0 aliphatic rings. The van der Waals surface area contributed by atoms with Gasteiger partial charge >= 0.3 is 18.0 Å². The van der Waals surface area contributed by atoms with Gasteiger partial charge in [0.15, 0.2) is 0 Å². The van der Waals surface area contributed by atoms with Gasteiger partial charge in [0, 0.05) is 0 Å². The minimum absolute atomic E-state index is 0.0154. The molecule has 3 N–H and O–H groups in total. The van der Waals surface area contributed by atoms with Crippen LogP contribution in [0.2, 0.25) is 0 Å². The Kier molecular flexibility index (Phi) is 12.8. The van der Waals surface area contributed by atoms with Gasteiger partial charge in [0.05, 0.1) is 14.2 Å².